The minimum Gasteiger partial charge on any atom is -0.394 e. The van der Waals surface area contributed by atoms with Crippen LogP contribution in [-0.4, -0.2) is 172 Å². The van der Waals surface area contributed by atoms with Crippen LogP contribution in [0.1, 0.15) is 0 Å². The van der Waals surface area contributed by atoms with Crippen molar-refractivity contribution in [1.82, 2.24) is 0 Å². The van der Waals surface area contributed by atoms with Crippen molar-refractivity contribution in [3.63, 3.8) is 0 Å². The van der Waals surface area contributed by atoms with Gasteiger partial charge in [0.05, 0.1) is 19.8 Å². The molecular formula is C20H36O16. The van der Waals surface area contributed by atoms with Crippen LogP contribution in [0.15, 0.2) is 0 Å². The number of methoxy groups -OCH3 is 2. The van der Waals surface area contributed by atoms with Gasteiger partial charge in [0.2, 0.25) is 0 Å². The van der Waals surface area contributed by atoms with E-state index in [0.29, 0.717) is 0 Å². The van der Waals surface area contributed by atoms with E-state index in [-0.39, 0.29) is 0 Å². The number of hydrogen-bond acceptors (Lipinski definition) is 16. The molecule has 3 saturated heterocycles. The highest BCUT2D eigenvalue weighted by Crippen LogP contribution is 2.32. The highest BCUT2D eigenvalue weighted by atomic mass is 16.8. The molecule has 0 aliphatic carbocycles. The van der Waals surface area contributed by atoms with Crippen LogP contribution in [0.4, 0.5) is 0 Å². The summed E-state index contributed by atoms with van der Waals surface area (Å²) in [5.41, 5.74) is 0. The van der Waals surface area contributed by atoms with Gasteiger partial charge in [0.1, 0.15) is 73.2 Å². The average molecular weight is 532 g/mol. The third kappa shape index (κ3) is 5.84. The molecule has 0 aromatic rings. The highest BCUT2D eigenvalue weighted by Gasteiger charge is 2.53. The first kappa shape index (κ1) is 29.9. The molecule has 212 valence electrons. The lowest BCUT2D eigenvalue weighted by Gasteiger charge is -2.48. The largest absolute Gasteiger partial charge is 0.394 e. The lowest BCUT2D eigenvalue weighted by molar-refractivity contribution is -0.379. The molecule has 16 heteroatoms. The van der Waals surface area contributed by atoms with Crippen molar-refractivity contribution in [1.29, 1.82) is 0 Å². The average Bonchev–Trinajstić information content (AvgIpc) is 2.88. The third-order valence-electron chi connectivity index (χ3n) is 6.55. The Morgan fingerprint density at radius 3 is 1.17 bits per heavy atom. The van der Waals surface area contributed by atoms with Crippen LogP contribution in [0.3, 0.4) is 0 Å². The number of rotatable bonds is 9. The molecule has 16 nitrogen and oxygen atoms in total. The van der Waals surface area contributed by atoms with Gasteiger partial charge in [-0.1, -0.05) is 0 Å². The Morgan fingerprint density at radius 1 is 0.472 bits per heavy atom. The Hall–Kier alpha value is -0.640. The van der Waals surface area contributed by atoms with Gasteiger partial charge < -0.3 is 79.1 Å². The molecule has 36 heavy (non-hydrogen) atoms. The second kappa shape index (κ2) is 12.9. The molecule has 0 saturated carbocycles. The van der Waals surface area contributed by atoms with Crippen molar-refractivity contribution in [2.75, 3.05) is 34.0 Å². The number of aliphatic hydroxyl groups excluding tert-OH is 9. The fourth-order valence-electron chi connectivity index (χ4n) is 4.51. The molecule has 0 amide bonds. The summed E-state index contributed by atoms with van der Waals surface area (Å²) in [7, 11) is 2.46. The van der Waals surface area contributed by atoms with Gasteiger partial charge in [0, 0.05) is 14.2 Å². The molecule has 0 aromatic heterocycles. The lowest BCUT2D eigenvalue weighted by Crippen LogP contribution is -2.66. The molecule has 8 unspecified atom stereocenters. The maximum absolute atomic E-state index is 10.7. The normalized spacial score (nSPS) is 50.2. The smallest absolute Gasteiger partial charge is 0.187 e. The number of hydrogen-bond donors (Lipinski definition) is 9. The molecule has 0 aromatic carbocycles. The fraction of sp³-hybridized carbons (Fsp3) is 1.00. The van der Waals surface area contributed by atoms with Gasteiger partial charge in [-0.15, -0.1) is 0 Å². The van der Waals surface area contributed by atoms with Crippen molar-refractivity contribution >= 4 is 0 Å². The monoisotopic (exact) mass is 532 g/mol. The SMILES string of the molecule is CO[C@@H]1OC(CO)[C@@H](O[C@H]2OC(CO)[C@H](O[C@@H]3OC(CO)[C@@H](OC)C(O)C3O)C(O)[C@H]2O)C(O)C1O. The first-order valence-electron chi connectivity index (χ1n) is 11.4. The van der Waals surface area contributed by atoms with Crippen LogP contribution in [0, 0.1) is 0 Å². The van der Waals surface area contributed by atoms with E-state index in [1.165, 1.54) is 14.2 Å². The molecule has 3 rings (SSSR count). The van der Waals surface area contributed by atoms with Crippen LogP contribution < -0.4 is 0 Å². The van der Waals surface area contributed by atoms with Crippen LogP contribution in [0.25, 0.3) is 0 Å². The predicted octanol–water partition coefficient (Wildman–Crippen LogP) is -6.26. The maximum Gasteiger partial charge on any atom is 0.187 e. The summed E-state index contributed by atoms with van der Waals surface area (Å²) in [4.78, 5) is 0. The van der Waals surface area contributed by atoms with Crippen molar-refractivity contribution in [2.45, 2.75) is 92.1 Å². The van der Waals surface area contributed by atoms with Gasteiger partial charge in [-0.2, -0.15) is 0 Å². The van der Waals surface area contributed by atoms with Crippen LogP contribution in [-0.2, 0) is 33.2 Å². The van der Waals surface area contributed by atoms with E-state index in [4.69, 9.17) is 33.2 Å². The van der Waals surface area contributed by atoms with Crippen LogP contribution >= 0.6 is 0 Å². The molecule has 0 radical (unpaired) electrons. The van der Waals surface area contributed by atoms with Crippen molar-refractivity contribution in [3.8, 4) is 0 Å². The van der Waals surface area contributed by atoms with E-state index < -0.39 is 112 Å². The van der Waals surface area contributed by atoms with E-state index in [9.17, 15) is 46.0 Å². The fourth-order valence-corrected chi connectivity index (χ4v) is 4.51. The Bertz CT molecular complexity index is 666. The van der Waals surface area contributed by atoms with Gasteiger partial charge in [-0.25, -0.2) is 0 Å². The topological polar surface area (TPSA) is 247 Å². The van der Waals surface area contributed by atoms with Crippen LogP contribution in [0.5, 0.6) is 0 Å². The van der Waals surface area contributed by atoms with Gasteiger partial charge in [0.25, 0.3) is 0 Å². The predicted molar refractivity (Wildman–Crippen MR) is 111 cm³/mol. The zero-order valence-corrected chi connectivity index (χ0v) is 19.7. The molecule has 3 aliphatic rings. The van der Waals surface area contributed by atoms with Crippen molar-refractivity contribution < 1.29 is 79.1 Å². The summed E-state index contributed by atoms with van der Waals surface area (Å²) in [5.74, 6) is 0. The highest BCUT2D eigenvalue weighted by molar-refractivity contribution is 4.96. The Kier molecular flexibility index (Phi) is 10.8. The summed E-state index contributed by atoms with van der Waals surface area (Å²) in [5, 5.41) is 91.6. The first-order chi connectivity index (χ1) is 17.1. The summed E-state index contributed by atoms with van der Waals surface area (Å²) in [6, 6.07) is 0. The molecule has 0 spiro atoms. The van der Waals surface area contributed by atoms with Gasteiger partial charge in [-0.05, 0) is 0 Å². The lowest BCUT2D eigenvalue weighted by atomic mass is 9.96. The van der Waals surface area contributed by atoms with E-state index in [1.807, 2.05) is 0 Å². The van der Waals surface area contributed by atoms with E-state index in [2.05, 4.69) is 0 Å². The van der Waals surface area contributed by atoms with E-state index in [0.717, 1.165) is 0 Å². The summed E-state index contributed by atoms with van der Waals surface area (Å²) >= 11 is 0. The van der Waals surface area contributed by atoms with Crippen molar-refractivity contribution in [2.24, 2.45) is 0 Å². The molecule has 15 atom stereocenters. The van der Waals surface area contributed by atoms with E-state index in [1.54, 1.807) is 0 Å². The van der Waals surface area contributed by atoms with Gasteiger partial charge in [-0.3, -0.25) is 0 Å². The molecule has 9 N–H and O–H groups in total. The molecule has 3 fully saturated rings. The summed E-state index contributed by atoms with van der Waals surface area (Å²) in [6.07, 6.45) is -22.4. The summed E-state index contributed by atoms with van der Waals surface area (Å²) in [6.45, 7) is -2.03. The Morgan fingerprint density at radius 2 is 0.806 bits per heavy atom. The number of aliphatic hydroxyl groups is 9. The second-order valence-electron chi connectivity index (χ2n) is 8.76. The molecule has 3 heterocycles. The van der Waals surface area contributed by atoms with Gasteiger partial charge >= 0.3 is 0 Å². The molecular weight excluding hydrogens is 496 g/mol. The first-order valence-corrected chi connectivity index (χ1v) is 11.4. The minimum atomic E-state index is -1.85. The zero-order chi connectivity index (χ0) is 26.7. The Labute approximate surface area is 206 Å². The second-order valence-corrected chi connectivity index (χ2v) is 8.76. The molecule has 3 aliphatic heterocycles. The van der Waals surface area contributed by atoms with Gasteiger partial charge in [0.15, 0.2) is 18.9 Å². The van der Waals surface area contributed by atoms with E-state index >= 15 is 0 Å². The summed E-state index contributed by atoms with van der Waals surface area (Å²) < 4.78 is 37.3. The third-order valence-corrected chi connectivity index (χ3v) is 6.55. The quantitative estimate of drug-likeness (QED) is 0.134. The zero-order valence-electron chi connectivity index (χ0n) is 19.7. The Balaban J connectivity index is 1.72. The molecule has 0 bridgehead atoms. The standard InChI is InChI=1S/C20H36O16/c1-30-15-6(3-21)33-19(13(28)9(15)24)36-17-8(5-23)34-20(14(29)11(17)26)35-16-7(4-22)32-18(31-2)12(27)10(16)25/h6-29H,3-5H2,1-2H3/t6?,7?,8?,9?,10?,11?,12?,13?,14-,15-,16-,17+,18-,19+,20-/m1/s1. The number of ether oxygens (including phenoxy) is 7. The maximum atomic E-state index is 10.7. The van der Waals surface area contributed by atoms with Crippen molar-refractivity contribution in [3.05, 3.63) is 0 Å². The van der Waals surface area contributed by atoms with Crippen LogP contribution in [0.2, 0.25) is 0 Å². The minimum absolute atomic E-state index is 0.596.